The third-order valence-electron chi connectivity index (χ3n) is 4.48. The number of anilines is 1. The van der Waals surface area contributed by atoms with Gasteiger partial charge in [0.1, 0.15) is 0 Å². The molecule has 0 saturated carbocycles. The predicted molar refractivity (Wildman–Crippen MR) is 98.9 cm³/mol. The minimum atomic E-state index is 0.00424. The predicted octanol–water partition coefficient (Wildman–Crippen LogP) is 3.68. The van der Waals surface area contributed by atoms with Crippen molar-refractivity contribution in [3.05, 3.63) is 77.1 Å². The highest BCUT2D eigenvalue weighted by atomic mass is 16.3. The lowest BCUT2D eigenvalue weighted by Gasteiger charge is -2.17. The van der Waals surface area contributed by atoms with Gasteiger partial charge in [-0.15, -0.1) is 0 Å². The number of hydrogen-bond donors (Lipinski definition) is 1. The Morgan fingerprint density at radius 2 is 2.04 bits per heavy atom. The molecule has 0 unspecified atom stereocenters. The van der Waals surface area contributed by atoms with E-state index in [4.69, 9.17) is 0 Å². The van der Waals surface area contributed by atoms with Gasteiger partial charge in [0, 0.05) is 24.4 Å². The highest BCUT2D eigenvalue weighted by Gasteiger charge is 2.26. The lowest BCUT2D eigenvalue weighted by Crippen LogP contribution is -2.24. The second-order valence-electron chi connectivity index (χ2n) is 6.22. The molecule has 0 spiro atoms. The van der Waals surface area contributed by atoms with Gasteiger partial charge in [-0.1, -0.05) is 30.3 Å². The molecule has 3 aromatic rings. The molecule has 0 saturated heterocycles. The van der Waals surface area contributed by atoms with Crippen LogP contribution >= 0.6 is 0 Å². The van der Waals surface area contributed by atoms with E-state index in [1.54, 1.807) is 11.8 Å². The van der Waals surface area contributed by atoms with Crippen LogP contribution < -0.4 is 4.90 Å². The highest BCUT2D eigenvalue weighted by Crippen LogP contribution is 2.35. The van der Waals surface area contributed by atoms with Crippen molar-refractivity contribution in [3.8, 4) is 0 Å². The van der Waals surface area contributed by atoms with Crippen LogP contribution in [0.15, 0.2) is 60.3 Å². The van der Waals surface area contributed by atoms with Gasteiger partial charge in [-0.25, -0.2) is 4.98 Å². The van der Waals surface area contributed by atoms with Gasteiger partial charge >= 0.3 is 0 Å². The third-order valence-corrected chi connectivity index (χ3v) is 4.48. The largest absolute Gasteiger partial charge is 0.392 e. The quantitative estimate of drug-likeness (QED) is 0.780. The first-order valence-corrected chi connectivity index (χ1v) is 8.25. The first kappa shape index (κ1) is 15.5. The van der Waals surface area contributed by atoms with Crippen molar-refractivity contribution in [2.75, 3.05) is 4.90 Å². The number of rotatable bonds is 2. The van der Waals surface area contributed by atoms with Crippen molar-refractivity contribution in [1.82, 2.24) is 4.98 Å². The summed E-state index contributed by atoms with van der Waals surface area (Å²) in [6, 6.07) is 17.6. The topological polar surface area (TPSA) is 53.4 Å². The summed E-state index contributed by atoms with van der Waals surface area (Å²) in [5.74, 6) is 0.00424. The van der Waals surface area contributed by atoms with Gasteiger partial charge in [-0.3, -0.25) is 9.69 Å². The number of pyridine rings is 1. The van der Waals surface area contributed by atoms with E-state index < -0.39 is 0 Å². The average Bonchev–Trinajstić information content (AvgIpc) is 2.99. The first-order chi connectivity index (χ1) is 12.2. The number of hydrogen-bond acceptors (Lipinski definition) is 3. The van der Waals surface area contributed by atoms with E-state index in [-0.39, 0.29) is 12.5 Å². The molecule has 0 radical (unpaired) electrons. The van der Waals surface area contributed by atoms with E-state index in [1.807, 2.05) is 54.6 Å². The number of benzene rings is 2. The Balaban J connectivity index is 1.75. The van der Waals surface area contributed by atoms with Crippen LogP contribution in [0.4, 0.5) is 5.69 Å². The molecule has 25 heavy (non-hydrogen) atoms. The van der Waals surface area contributed by atoms with Crippen molar-refractivity contribution in [3.63, 3.8) is 0 Å². The zero-order valence-corrected chi connectivity index (χ0v) is 13.9. The number of aliphatic hydroxyl groups is 1. The normalized spacial score (nSPS) is 15.0. The van der Waals surface area contributed by atoms with Crippen LogP contribution in [0.3, 0.4) is 0 Å². The van der Waals surface area contributed by atoms with Crippen LogP contribution in [0, 0.1) is 0 Å². The fourth-order valence-corrected chi connectivity index (χ4v) is 3.34. The van der Waals surface area contributed by atoms with Crippen LogP contribution in [0.5, 0.6) is 0 Å². The Kier molecular flexibility index (Phi) is 3.82. The fourth-order valence-electron chi connectivity index (χ4n) is 3.34. The van der Waals surface area contributed by atoms with Crippen molar-refractivity contribution in [2.24, 2.45) is 0 Å². The zero-order chi connectivity index (χ0) is 17.4. The van der Waals surface area contributed by atoms with Gasteiger partial charge in [0.2, 0.25) is 5.91 Å². The molecule has 1 amide bonds. The second-order valence-corrected chi connectivity index (χ2v) is 6.22. The van der Waals surface area contributed by atoms with Crippen LogP contribution in [0.1, 0.15) is 23.7 Å². The Morgan fingerprint density at radius 1 is 1.20 bits per heavy atom. The Labute approximate surface area is 146 Å². The Bertz CT molecular complexity index is 1010. The standard InChI is InChI=1S/C21H18N2O2/c1-14(25)23-19(11-17-4-2-3-5-21(17)23)12-18-8-7-16-10-15(13-24)6-9-20(16)22-18/h2-10,12,24H,11,13H2,1H3/b19-12-. The maximum atomic E-state index is 12.1. The van der Waals surface area contributed by atoms with Crippen molar-refractivity contribution < 1.29 is 9.90 Å². The fraction of sp³-hybridized carbons (Fsp3) is 0.143. The summed E-state index contributed by atoms with van der Waals surface area (Å²) in [5, 5.41) is 10.2. The van der Waals surface area contributed by atoms with Crippen molar-refractivity contribution in [1.29, 1.82) is 0 Å². The molecule has 1 aliphatic heterocycles. The van der Waals surface area contributed by atoms with Gasteiger partial charge < -0.3 is 5.11 Å². The molecule has 1 aliphatic rings. The minimum absolute atomic E-state index is 0.00424. The maximum Gasteiger partial charge on any atom is 0.228 e. The molecule has 0 bridgehead atoms. The van der Waals surface area contributed by atoms with E-state index in [0.29, 0.717) is 0 Å². The van der Waals surface area contributed by atoms with Gasteiger partial charge in [-0.2, -0.15) is 0 Å². The molecule has 0 fully saturated rings. The van der Waals surface area contributed by atoms with E-state index >= 15 is 0 Å². The molecule has 1 aromatic heterocycles. The Morgan fingerprint density at radius 3 is 2.84 bits per heavy atom. The SMILES string of the molecule is CC(=O)N1/C(=C\c2ccc3cc(CO)ccc3n2)Cc2ccccc21. The number of aliphatic hydroxyl groups excluding tert-OH is 1. The average molecular weight is 330 g/mol. The molecule has 2 aromatic carbocycles. The van der Waals surface area contributed by atoms with Crippen LogP contribution in [0.2, 0.25) is 0 Å². The molecule has 124 valence electrons. The number of carbonyl (C=O) groups is 1. The number of carbonyl (C=O) groups excluding carboxylic acids is 1. The second kappa shape index (κ2) is 6.15. The summed E-state index contributed by atoms with van der Waals surface area (Å²) in [6.07, 6.45) is 2.69. The summed E-state index contributed by atoms with van der Waals surface area (Å²) in [6.45, 7) is 1.60. The summed E-state index contributed by atoms with van der Waals surface area (Å²) >= 11 is 0. The number of amides is 1. The number of aromatic nitrogens is 1. The van der Waals surface area contributed by atoms with Crippen LogP contribution in [-0.2, 0) is 17.8 Å². The highest BCUT2D eigenvalue weighted by molar-refractivity contribution is 5.99. The summed E-state index contributed by atoms with van der Waals surface area (Å²) in [7, 11) is 0. The molecular weight excluding hydrogens is 312 g/mol. The molecule has 1 N–H and O–H groups in total. The number of allylic oxidation sites excluding steroid dienone is 1. The molecule has 0 aliphatic carbocycles. The molecular formula is C21H18N2O2. The summed E-state index contributed by atoms with van der Waals surface area (Å²) < 4.78 is 0. The number of para-hydroxylation sites is 1. The van der Waals surface area contributed by atoms with Gasteiger partial charge in [0.15, 0.2) is 0 Å². The zero-order valence-electron chi connectivity index (χ0n) is 13.9. The van der Waals surface area contributed by atoms with Gasteiger partial charge in [-0.05, 0) is 41.5 Å². The van der Waals surface area contributed by atoms with Crippen molar-refractivity contribution >= 4 is 28.6 Å². The van der Waals surface area contributed by atoms with Crippen molar-refractivity contribution in [2.45, 2.75) is 20.0 Å². The van der Waals surface area contributed by atoms with Gasteiger partial charge in [0.05, 0.1) is 23.5 Å². The van der Waals surface area contributed by atoms with Crippen LogP contribution in [-0.4, -0.2) is 16.0 Å². The number of nitrogens with zero attached hydrogens (tertiary/aromatic N) is 2. The number of fused-ring (bicyclic) bond motifs is 2. The molecule has 4 heteroatoms. The third kappa shape index (κ3) is 2.81. The molecule has 2 heterocycles. The molecule has 4 rings (SSSR count). The van der Waals surface area contributed by atoms with E-state index in [2.05, 4.69) is 11.1 Å². The van der Waals surface area contributed by atoms with Crippen LogP contribution in [0.25, 0.3) is 17.0 Å². The molecule has 4 nitrogen and oxygen atoms in total. The molecule has 0 atom stereocenters. The lowest BCUT2D eigenvalue weighted by atomic mass is 10.1. The van der Waals surface area contributed by atoms with Gasteiger partial charge in [0.25, 0.3) is 0 Å². The van der Waals surface area contributed by atoms with E-state index in [9.17, 15) is 9.90 Å². The minimum Gasteiger partial charge on any atom is -0.392 e. The Hall–Kier alpha value is -2.98. The lowest BCUT2D eigenvalue weighted by molar-refractivity contribution is -0.116. The first-order valence-electron chi connectivity index (χ1n) is 8.25. The monoisotopic (exact) mass is 330 g/mol. The van der Waals surface area contributed by atoms with E-state index in [0.717, 1.165) is 45.5 Å². The summed E-state index contributed by atoms with van der Waals surface area (Å²) in [4.78, 5) is 18.6. The smallest absolute Gasteiger partial charge is 0.228 e. The maximum absolute atomic E-state index is 12.1. The van der Waals surface area contributed by atoms with E-state index in [1.165, 1.54) is 0 Å². The summed E-state index contributed by atoms with van der Waals surface area (Å²) in [5.41, 5.74) is 5.60.